The van der Waals surface area contributed by atoms with E-state index >= 15 is 0 Å². The van der Waals surface area contributed by atoms with Gasteiger partial charge in [-0.05, 0) is 80.4 Å². The minimum absolute atomic E-state index is 0.575. The minimum Gasteiger partial charge on any atom is -0.404 e. The summed E-state index contributed by atoms with van der Waals surface area (Å²) in [5, 5.41) is 3.30. The van der Waals surface area contributed by atoms with Crippen LogP contribution in [0.4, 0.5) is 0 Å². The quantitative estimate of drug-likeness (QED) is 0.151. The molecule has 0 aliphatic heterocycles. The van der Waals surface area contributed by atoms with Gasteiger partial charge < -0.3 is 11.1 Å². The fourth-order valence-corrected chi connectivity index (χ4v) is 3.00. The van der Waals surface area contributed by atoms with Crippen molar-refractivity contribution >= 4 is 6.72 Å². The summed E-state index contributed by atoms with van der Waals surface area (Å²) in [7, 11) is 0. The molecule has 0 saturated heterocycles. The standard InChI is InChI=1S/C27H45N3/c1-7-9-12-23(3)15-16-24(4)17-18-26(21-28)22-30-19-11-13-25(5)20-27(29-6)14-10-8-2/h8,11,13,17-21,23-24,30H,2,6-7,9-10,12,14-16,22,28H2,1,3-5H3/b18-17-,19-11+,25-13-,26-21+,27-20+. The third-order valence-corrected chi connectivity index (χ3v) is 5.10. The third-order valence-electron chi connectivity index (χ3n) is 5.10. The molecule has 0 aliphatic carbocycles. The summed E-state index contributed by atoms with van der Waals surface area (Å²) in [4.78, 5) is 4.07. The molecule has 3 nitrogen and oxygen atoms in total. The lowest BCUT2D eigenvalue weighted by atomic mass is 9.94. The zero-order valence-electron chi connectivity index (χ0n) is 19.9. The second kappa shape index (κ2) is 18.7. The number of hydrogen-bond donors (Lipinski definition) is 2. The number of hydrogen-bond acceptors (Lipinski definition) is 3. The van der Waals surface area contributed by atoms with Gasteiger partial charge in [-0.25, -0.2) is 0 Å². The predicted octanol–water partition coefficient (Wildman–Crippen LogP) is 7.23. The smallest absolute Gasteiger partial charge is 0.0409 e. The Morgan fingerprint density at radius 1 is 1.20 bits per heavy atom. The molecule has 0 heterocycles. The Morgan fingerprint density at radius 3 is 2.60 bits per heavy atom. The maximum atomic E-state index is 5.79. The normalized spacial score (nSPS) is 15.5. The molecule has 0 rings (SSSR count). The van der Waals surface area contributed by atoms with Gasteiger partial charge in [0.25, 0.3) is 0 Å². The van der Waals surface area contributed by atoms with Crippen LogP contribution in [-0.2, 0) is 0 Å². The van der Waals surface area contributed by atoms with Crippen molar-refractivity contribution in [2.45, 2.75) is 72.6 Å². The van der Waals surface area contributed by atoms with E-state index in [0.29, 0.717) is 12.5 Å². The number of rotatable bonds is 17. The Bertz CT molecular complexity index is 620. The van der Waals surface area contributed by atoms with E-state index in [-0.39, 0.29) is 0 Å². The Hall–Kier alpha value is -2.29. The van der Waals surface area contributed by atoms with E-state index < -0.39 is 0 Å². The van der Waals surface area contributed by atoms with Gasteiger partial charge in [0, 0.05) is 12.2 Å². The number of allylic oxidation sites excluding steroid dienone is 7. The van der Waals surface area contributed by atoms with E-state index in [4.69, 9.17) is 5.73 Å². The highest BCUT2D eigenvalue weighted by Crippen LogP contribution is 2.18. The van der Waals surface area contributed by atoms with Gasteiger partial charge in [-0.2, -0.15) is 0 Å². The Balaban J connectivity index is 4.39. The minimum atomic E-state index is 0.575. The summed E-state index contributed by atoms with van der Waals surface area (Å²) in [6.45, 7) is 17.1. The zero-order valence-corrected chi connectivity index (χ0v) is 19.9. The number of nitrogens with two attached hydrogens (primary N) is 1. The summed E-state index contributed by atoms with van der Waals surface area (Å²) >= 11 is 0. The lowest BCUT2D eigenvalue weighted by molar-refractivity contribution is 0.431. The van der Waals surface area contributed by atoms with Crippen molar-refractivity contribution in [3.63, 3.8) is 0 Å². The summed E-state index contributed by atoms with van der Waals surface area (Å²) in [6, 6.07) is 0. The SMILES string of the molecule is C=CCC\C(=C/C(C)=C\C=C\NCC(/C=C\C(C)CCC(C)CCCC)=C/N)N=C. The molecular weight excluding hydrogens is 366 g/mol. The van der Waals surface area contributed by atoms with Crippen molar-refractivity contribution in [3.05, 3.63) is 72.3 Å². The average Bonchev–Trinajstić information content (AvgIpc) is 2.75. The highest BCUT2D eigenvalue weighted by Gasteiger charge is 2.04. The van der Waals surface area contributed by atoms with Gasteiger partial charge in [0.05, 0.1) is 0 Å². The maximum Gasteiger partial charge on any atom is 0.0409 e. The zero-order chi connectivity index (χ0) is 22.6. The van der Waals surface area contributed by atoms with Crippen LogP contribution >= 0.6 is 0 Å². The van der Waals surface area contributed by atoms with E-state index in [1.807, 2.05) is 18.4 Å². The molecule has 3 heteroatoms. The van der Waals surface area contributed by atoms with Crippen molar-refractivity contribution in [2.24, 2.45) is 22.6 Å². The van der Waals surface area contributed by atoms with Crippen LogP contribution in [0, 0.1) is 11.8 Å². The molecule has 0 spiro atoms. The van der Waals surface area contributed by atoms with Crippen molar-refractivity contribution in [3.8, 4) is 0 Å². The van der Waals surface area contributed by atoms with Gasteiger partial charge in [-0.1, -0.05) is 70.8 Å². The van der Waals surface area contributed by atoms with Crippen LogP contribution < -0.4 is 11.1 Å². The molecule has 0 amide bonds. The Morgan fingerprint density at radius 2 is 1.97 bits per heavy atom. The van der Waals surface area contributed by atoms with Crippen LogP contribution in [0.2, 0.25) is 0 Å². The summed E-state index contributed by atoms with van der Waals surface area (Å²) in [6.07, 6.45) is 24.3. The molecule has 0 bridgehead atoms. The highest BCUT2D eigenvalue weighted by atomic mass is 14.8. The van der Waals surface area contributed by atoms with Crippen LogP contribution in [0.15, 0.2) is 77.3 Å². The van der Waals surface area contributed by atoms with Crippen LogP contribution in [0.5, 0.6) is 0 Å². The van der Waals surface area contributed by atoms with Gasteiger partial charge in [-0.15, -0.1) is 6.58 Å². The Kier molecular flexibility index (Phi) is 17.3. The molecular formula is C27H45N3. The number of unbranched alkanes of at least 4 members (excludes halogenated alkanes) is 1. The second-order valence-electron chi connectivity index (χ2n) is 8.17. The molecule has 3 N–H and O–H groups in total. The molecule has 0 saturated carbocycles. The molecule has 0 fully saturated rings. The molecule has 2 atom stereocenters. The number of aliphatic imine (C=N–C) groups is 1. The lowest BCUT2D eigenvalue weighted by Gasteiger charge is -2.13. The summed E-state index contributed by atoms with van der Waals surface area (Å²) in [5.74, 6) is 1.40. The molecule has 0 radical (unpaired) electrons. The van der Waals surface area contributed by atoms with Crippen molar-refractivity contribution in [2.75, 3.05) is 6.54 Å². The van der Waals surface area contributed by atoms with Crippen LogP contribution in [0.3, 0.4) is 0 Å². The van der Waals surface area contributed by atoms with E-state index in [0.717, 1.165) is 35.6 Å². The van der Waals surface area contributed by atoms with Gasteiger partial charge in [0.2, 0.25) is 0 Å². The fourth-order valence-electron chi connectivity index (χ4n) is 3.00. The summed E-state index contributed by atoms with van der Waals surface area (Å²) < 4.78 is 0. The topological polar surface area (TPSA) is 50.4 Å². The molecule has 0 aromatic heterocycles. The van der Waals surface area contributed by atoms with Crippen molar-refractivity contribution in [1.29, 1.82) is 0 Å². The second-order valence-corrected chi connectivity index (χ2v) is 8.17. The monoisotopic (exact) mass is 411 g/mol. The van der Waals surface area contributed by atoms with Gasteiger partial charge in [-0.3, -0.25) is 4.99 Å². The average molecular weight is 412 g/mol. The molecule has 0 aromatic rings. The summed E-state index contributed by atoms with van der Waals surface area (Å²) in [5.41, 5.74) is 9.00. The first-order valence-electron chi connectivity index (χ1n) is 11.4. The maximum absolute atomic E-state index is 5.79. The number of nitrogens with one attached hydrogen (secondary N) is 1. The fraction of sp³-hybridized carbons (Fsp3) is 0.519. The van der Waals surface area contributed by atoms with Crippen molar-refractivity contribution in [1.82, 2.24) is 5.32 Å². The highest BCUT2D eigenvalue weighted by molar-refractivity contribution is 5.33. The largest absolute Gasteiger partial charge is 0.404 e. The predicted molar refractivity (Wildman–Crippen MR) is 136 cm³/mol. The van der Waals surface area contributed by atoms with E-state index in [1.165, 1.54) is 32.1 Å². The van der Waals surface area contributed by atoms with Crippen LogP contribution in [0.1, 0.15) is 72.6 Å². The first-order valence-corrected chi connectivity index (χ1v) is 11.4. The Labute approximate surface area is 186 Å². The van der Waals surface area contributed by atoms with E-state index in [9.17, 15) is 0 Å². The third kappa shape index (κ3) is 15.6. The van der Waals surface area contributed by atoms with Crippen molar-refractivity contribution < 1.29 is 0 Å². The lowest BCUT2D eigenvalue weighted by Crippen LogP contribution is -2.10. The van der Waals surface area contributed by atoms with Gasteiger partial charge >= 0.3 is 0 Å². The molecule has 0 aromatic carbocycles. The first-order chi connectivity index (χ1) is 14.5. The van der Waals surface area contributed by atoms with Gasteiger partial charge in [0.1, 0.15) is 0 Å². The van der Waals surface area contributed by atoms with E-state index in [1.54, 1.807) is 6.20 Å². The molecule has 2 unspecified atom stereocenters. The number of nitrogens with zero attached hydrogens (tertiary/aromatic N) is 1. The van der Waals surface area contributed by atoms with Crippen LogP contribution in [-0.4, -0.2) is 13.3 Å². The van der Waals surface area contributed by atoms with Crippen LogP contribution in [0.25, 0.3) is 0 Å². The molecule has 30 heavy (non-hydrogen) atoms. The molecule has 0 aliphatic rings. The molecule has 168 valence electrons. The van der Waals surface area contributed by atoms with Gasteiger partial charge in [0.15, 0.2) is 0 Å². The first kappa shape index (κ1) is 27.7. The van der Waals surface area contributed by atoms with E-state index in [2.05, 4.69) is 75.6 Å².